The van der Waals surface area contributed by atoms with Crippen LogP contribution in [0.2, 0.25) is 0 Å². The summed E-state index contributed by atoms with van der Waals surface area (Å²) in [5.41, 5.74) is 0.0620. The van der Waals surface area contributed by atoms with E-state index in [0.717, 1.165) is 18.9 Å². The number of carboxylic acids is 1. The lowest BCUT2D eigenvalue weighted by molar-refractivity contribution is -0.131. The molecule has 0 heterocycles. The lowest BCUT2D eigenvalue weighted by Crippen LogP contribution is -2.22. The molecule has 0 saturated heterocycles. The van der Waals surface area contributed by atoms with Gasteiger partial charge in [-0.05, 0) is 19.8 Å². The first-order chi connectivity index (χ1) is 7.97. The summed E-state index contributed by atoms with van der Waals surface area (Å²) >= 11 is 0. The van der Waals surface area contributed by atoms with Gasteiger partial charge in [0.15, 0.2) is 5.78 Å². The van der Waals surface area contributed by atoms with E-state index >= 15 is 0 Å². The first-order valence-corrected chi connectivity index (χ1v) is 5.17. The highest BCUT2D eigenvalue weighted by Crippen LogP contribution is 2.32. The van der Waals surface area contributed by atoms with Crippen molar-refractivity contribution in [3.05, 3.63) is 36.5 Å². The molecule has 1 rings (SSSR count). The molecule has 1 saturated carbocycles. The molecule has 0 aliphatic heterocycles. The van der Waals surface area contributed by atoms with Gasteiger partial charge in [-0.15, -0.1) is 0 Å². The molecule has 0 atom stereocenters. The van der Waals surface area contributed by atoms with Gasteiger partial charge in [0, 0.05) is 23.9 Å². The van der Waals surface area contributed by atoms with E-state index in [1.807, 2.05) is 0 Å². The molecular formula is C12H14FNO3. The summed E-state index contributed by atoms with van der Waals surface area (Å²) in [6, 6.07) is 0.0451. The molecule has 92 valence electrons. The van der Waals surface area contributed by atoms with Crippen LogP contribution in [0.4, 0.5) is 4.39 Å². The van der Waals surface area contributed by atoms with Gasteiger partial charge in [-0.25, -0.2) is 9.18 Å². The second-order valence-corrected chi connectivity index (χ2v) is 3.82. The Labute approximate surface area is 98.7 Å². The van der Waals surface area contributed by atoms with Crippen molar-refractivity contribution >= 4 is 11.8 Å². The van der Waals surface area contributed by atoms with E-state index in [1.165, 1.54) is 18.0 Å². The third-order valence-electron chi connectivity index (χ3n) is 2.43. The normalized spacial score (nSPS) is 16.0. The summed E-state index contributed by atoms with van der Waals surface area (Å²) in [6.07, 6.45) is 4.14. The molecule has 0 aromatic carbocycles. The third-order valence-corrected chi connectivity index (χ3v) is 2.43. The van der Waals surface area contributed by atoms with Crippen molar-refractivity contribution in [2.45, 2.75) is 25.8 Å². The number of carbonyl (C=O) groups is 2. The maximum Gasteiger partial charge on any atom is 0.329 e. The Morgan fingerprint density at radius 1 is 1.47 bits per heavy atom. The molecule has 4 nitrogen and oxygen atoms in total. The van der Waals surface area contributed by atoms with Crippen molar-refractivity contribution in [1.29, 1.82) is 0 Å². The maximum absolute atomic E-state index is 12.8. The van der Waals surface area contributed by atoms with Crippen LogP contribution in [0.25, 0.3) is 0 Å². The van der Waals surface area contributed by atoms with Gasteiger partial charge < -0.3 is 10.0 Å². The van der Waals surface area contributed by atoms with Crippen LogP contribution in [0.1, 0.15) is 19.8 Å². The summed E-state index contributed by atoms with van der Waals surface area (Å²) in [6.45, 7) is 4.79. The molecule has 0 amide bonds. The number of ketones is 1. The number of carbonyl (C=O) groups excluding carboxylic acids is 1. The van der Waals surface area contributed by atoms with Gasteiger partial charge in [-0.3, -0.25) is 4.79 Å². The number of nitrogens with zero attached hydrogens (tertiary/aromatic N) is 1. The van der Waals surface area contributed by atoms with E-state index in [1.54, 1.807) is 0 Å². The molecule has 1 N–H and O–H groups in total. The van der Waals surface area contributed by atoms with Gasteiger partial charge in [-0.2, -0.15) is 0 Å². The molecule has 1 aliphatic carbocycles. The van der Waals surface area contributed by atoms with Gasteiger partial charge in [0.2, 0.25) is 0 Å². The van der Waals surface area contributed by atoms with Crippen molar-refractivity contribution in [2.75, 3.05) is 0 Å². The van der Waals surface area contributed by atoms with Gasteiger partial charge in [-0.1, -0.05) is 6.58 Å². The molecular weight excluding hydrogens is 225 g/mol. The Balaban J connectivity index is 2.92. The molecule has 0 unspecified atom stereocenters. The highest BCUT2D eigenvalue weighted by molar-refractivity contribution is 5.96. The van der Waals surface area contributed by atoms with E-state index in [4.69, 9.17) is 5.11 Å². The number of rotatable bonds is 6. The topological polar surface area (TPSA) is 57.6 Å². The summed E-state index contributed by atoms with van der Waals surface area (Å²) < 4.78 is 12.8. The Hall–Kier alpha value is -1.91. The Morgan fingerprint density at radius 2 is 2.06 bits per heavy atom. The van der Waals surface area contributed by atoms with E-state index in [-0.39, 0.29) is 29.4 Å². The van der Waals surface area contributed by atoms with Crippen molar-refractivity contribution in [3.8, 4) is 0 Å². The molecule has 1 aliphatic rings. The van der Waals surface area contributed by atoms with Crippen molar-refractivity contribution in [3.63, 3.8) is 0 Å². The fraction of sp³-hybridized carbons (Fsp3) is 0.333. The first kappa shape index (κ1) is 13.2. The van der Waals surface area contributed by atoms with Crippen molar-refractivity contribution < 1.29 is 19.1 Å². The molecule has 0 spiro atoms. The van der Waals surface area contributed by atoms with Crippen molar-refractivity contribution in [1.82, 2.24) is 4.90 Å². The fourth-order valence-corrected chi connectivity index (χ4v) is 1.35. The van der Waals surface area contributed by atoms with E-state index in [0.29, 0.717) is 0 Å². The predicted octanol–water partition coefficient (Wildman–Crippen LogP) is 2.01. The van der Waals surface area contributed by atoms with Crippen LogP contribution in [0.15, 0.2) is 36.5 Å². The summed E-state index contributed by atoms with van der Waals surface area (Å²) in [5.74, 6) is -1.47. The van der Waals surface area contributed by atoms with Crippen LogP contribution in [-0.4, -0.2) is 27.8 Å². The van der Waals surface area contributed by atoms with Crippen LogP contribution in [0.5, 0.6) is 0 Å². The lowest BCUT2D eigenvalue weighted by Gasteiger charge is -2.22. The Kier molecular flexibility index (Phi) is 4.20. The Bertz CT molecular complexity index is 408. The number of halogens is 1. The van der Waals surface area contributed by atoms with Crippen LogP contribution in [-0.2, 0) is 9.59 Å². The van der Waals surface area contributed by atoms with E-state index in [9.17, 15) is 14.0 Å². The van der Waals surface area contributed by atoms with Gasteiger partial charge in [0.25, 0.3) is 0 Å². The number of aliphatic carboxylic acids is 1. The molecule has 0 aromatic heterocycles. The Morgan fingerprint density at radius 3 is 2.41 bits per heavy atom. The van der Waals surface area contributed by atoms with E-state index < -0.39 is 5.97 Å². The number of carboxylic acid groups (broad SMARTS) is 1. The number of hydrogen-bond acceptors (Lipinski definition) is 3. The average Bonchev–Trinajstić information content (AvgIpc) is 3.06. The van der Waals surface area contributed by atoms with E-state index in [2.05, 4.69) is 6.58 Å². The monoisotopic (exact) mass is 239 g/mol. The number of Topliss-reactive ketones (excluding diaryl/α,β-unsaturated/α-hetero) is 1. The second-order valence-electron chi connectivity index (χ2n) is 3.82. The zero-order chi connectivity index (χ0) is 13.0. The molecule has 17 heavy (non-hydrogen) atoms. The molecule has 0 radical (unpaired) electrons. The predicted molar refractivity (Wildman–Crippen MR) is 60.6 cm³/mol. The highest BCUT2D eigenvalue weighted by Gasteiger charge is 2.31. The molecule has 5 heteroatoms. The standard InChI is InChI=1S/C12H14FNO3/c1-8(9(2)15)11(7-13)14(10-3-4-10)6-5-12(16)17/h5-7,10H,1,3-4H2,2H3,(H,16,17)/b6-5+,11-7-. The summed E-state index contributed by atoms with van der Waals surface area (Å²) in [7, 11) is 0. The van der Waals surface area contributed by atoms with Gasteiger partial charge in [0.05, 0.1) is 5.70 Å². The van der Waals surface area contributed by atoms with Crippen LogP contribution < -0.4 is 0 Å². The largest absolute Gasteiger partial charge is 0.478 e. The lowest BCUT2D eigenvalue weighted by atomic mass is 10.1. The van der Waals surface area contributed by atoms with Gasteiger partial charge in [0.1, 0.15) is 6.33 Å². The van der Waals surface area contributed by atoms with Crippen LogP contribution in [0, 0.1) is 0 Å². The zero-order valence-electron chi connectivity index (χ0n) is 9.52. The fourth-order valence-electron chi connectivity index (χ4n) is 1.35. The molecule has 0 bridgehead atoms. The van der Waals surface area contributed by atoms with Gasteiger partial charge >= 0.3 is 5.97 Å². The minimum Gasteiger partial charge on any atom is -0.478 e. The third kappa shape index (κ3) is 3.55. The average molecular weight is 239 g/mol. The summed E-state index contributed by atoms with van der Waals surface area (Å²) in [4.78, 5) is 23.0. The molecule has 0 aromatic rings. The van der Waals surface area contributed by atoms with Crippen molar-refractivity contribution in [2.24, 2.45) is 0 Å². The smallest absolute Gasteiger partial charge is 0.329 e. The minimum absolute atomic E-state index is 0.0255. The first-order valence-electron chi connectivity index (χ1n) is 5.17. The van der Waals surface area contributed by atoms with Crippen LogP contribution in [0.3, 0.4) is 0 Å². The minimum atomic E-state index is -1.12. The highest BCUT2D eigenvalue weighted by atomic mass is 19.1. The second kappa shape index (κ2) is 5.43. The quantitative estimate of drug-likeness (QED) is 0.569. The van der Waals surface area contributed by atoms with Crippen LogP contribution >= 0.6 is 0 Å². The maximum atomic E-state index is 12.8. The number of allylic oxidation sites excluding steroid dienone is 1. The molecule has 1 fully saturated rings. The SMILES string of the molecule is C=C(C(C)=O)/C(=C/F)N(/C=C/C(=O)O)C1CC1. The summed E-state index contributed by atoms with van der Waals surface area (Å²) in [5, 5.41) is 8.55. The number of hydrogen-bond donors (Lipinski definition) is 1. The zero-order valence-corrected chi connectivity index (χ0v) is 9.52.